The van der Waals surface area contributed by atoms with Gasteiger partial charge in [-0.25, -0.2) is 0 Å². The largest absolute Gasteiger partial charge is 0.418 e. The maximum Gasteiger partial charge on any atom is 0.293 e. The van der Waals surface area contributed by atoms with Crippen LogP contribution in [0, 0.1) is 0 Å². The lowest BCUT2D eigenvalue weighted by Gasteiger charge is -2.16. The zero-order valence-electron chi connectivity index (χ0n) is 14.8. The van der Waals surface area contributed by atoms with Gasteiger partial charge in [-0.3, -0.25) is 14.4 Å². The van der Waals surface area contributed by atoms with Gasteiger partial charge in [0.15, 0.2) is 0 Å². The highest BCUT2D eigenvalue weighted by atomic mass is 16.4. The number of hydrogen-bond acceptors (Lipinski definition) is 6. The van der Waals surface area contributed by atoms with Crippen molar-refractivity contribution in [1.82, 2.24) is 10.3 Å². The standard InChI is InChI=1S/C20H18N4O4/c21-18(26)16(25)14(11-12-7-3-1-4-8-12)23-19(27)17-15(24-20(22)28-17)13-9-5-2-6-10-13/h1-10,14H,11H2,(H2,21,26)(H2,22,24)(H,23,27). The third-order valence-electron chi connectivity index (χ3n) is 4.04. The molecule has 2 amide bonds. The second kappa shape index (κ2) is 8.17. The minimum Gasteiger partial charge on any atom is -0.418 e. The summed E-state index contributed by atoms with van der Waals surface area (Å²) in [5.41, 5.74) is 12.4. The Hall–Kier alpha value is -3.94. The van der Waals surface area contributed by atoms with Crippen LogP contribution < -0.4 is 16.8 Å². The predicted molar refractivity (Wildman–Crippen MR) is 102 cm³/mol. The fourth-order valence-electron chi connectivity index (χ4n) is 2.74. The number of nitrogens with zero attached hydrogens (tertiary/aromatic N) is 1. The molecule has 3 rings (SSSR count). The summed E-state index contributed by atoms with van der Waals surface area (Å²) in [6.45, 7) is 0. The van der Waals surface area contributed by atoms with Gasteiger partial charge in [0.05, 0.1) is 0 Å². The number of oxazole rings is 1. The zero-order chi connectivity index (χ0) is 20.1. The monoisotopic (exact) mass is 378 g/mol. The summed E-state index contributed by atoms with van der Waals surface area (Å²) in [6, 6.07) is 16.4. The SMILES string of the molecule is NC(=O)C(=O)C(Cc1ccccc1)NC(=O)c1oc(N)nc1-c1ccccc1. The minimum atomic E-state index is -1.15. The highest BCUT2D eigenvalue weighted by Crippen LogP contribution is 2.25. The molecule has 1 atom stereocenters. The molecule has 0 aliphatic carbocycles. The van der Waals surface area contributed by atoms with E-state index in [1.165, 1.54) is 0 Å². The van der Waals surface area contributed by atoms with Gasteiger partial charge in [0.2, 0.25) is 11.5 Å². The minimum absolute atomic E-state index is 0.0959. The number of amides is 2. The van der Waals surface area contributed by atoms with Gasteiger partial charge in [-0.2, -0.15) is 4.98 Å². The molecule has 8 heteroatoms. The van der Waals surface area contributed by atoms with Gasteiger partial charge < -0.3 is 21.2 Å². The molecule has 2 aromatic carbocycles. The first-order valence-electron chi connectivity index (χ1n) is 8.46. The Balaban J connectivity index is 1.88. The normalized spacial score (nSPS) is 11.6. The summed E-state index contributed by atoms with van der Waals surface area (Å²) in [5.74, 6) is -2.93. The van der Waals surface area contributed by atoms with Gasteiger partial charge in [-0.05, 0) is 5.56 Å². The molecule has 1 unspecified atom stereocenters. The van der Waals surface area contributed by atoms with Crippen LogP contribution in [0.15, 0.2) is 65.1 Å². The number of rotatable bonds is 7. The van der Waals surface area contributed by atoms with E-state index in [-0.39, 0.29) is 23.9 Å². The molecule has 0 bridgehead atoms. The molecule has 0 radical (unpaired) electrons. The Labute approximate surface area is 160 Å². The van der Waals surface area contributed by atoms with Crippen molar-refractivity contribution >= 4 is 23.6 Å². The number of nitrogens with two attached hydrogens (primary N) is 2. The van der Waals surface area contributed by atoms with Crippen LogP contribution in [0.3, 0.4) is 0 Å². The molecule has 3 aromatic rings. The molecule has 1 heterocycles. The first-order valence-corrected chi connectivity index (χ1v) is 8.46. The highest BCUT2D eigenvalue weighted by molar-refractivity contribution is 6.38. The molecular weight excluding hydrogens is 360 g/mol. The summed E-state index contributed by atoms with van der Waals surface area (Å²) in [7, 11) is 0. The van der Waals surface area contributed by atoms with Crippen molar-refractivity contribution in [2.45, 2.75) is 12.5 Å². The fourth-order valence-corrected chi connectivity index (χ4v) is 2.74. The molecule has 1 aromatic heterocycles. The van der Waals surface area contributed by atoms with Crippen LogP contribution in [0.4, 0.5) is 6.01 Å². The molecule has 0 fully saturated rings. The van der Waals surface area contributed by atoms with Crippen molar-refractivity contribution in [2.75, 3.05) is 5.73 Å². The van der Waals surface area contributed by atoms with E-state index >= 15 is 0 Å². The fraction of sp³-hybridized carbons (Fsp3) is 0.100. The zero-order valence-corrected chi connectivity index (χ0v) is 14.8. The average Bonchev–Trinajstić information content (AvgIpc) is 3.10. The van der Waals surface area contributed by atoms with Gasteiger partial charge in [0, 0.05) is 12.0 Å². The lowest BCUT2D eigenvalue weighted by atomic mass is 10.0. The molecule has 8 nitrogen and oxygen atoms in total. The van der Waals surface area contributed by atoms with E-state index in [0.29, 0.717) is 5.56 Å². The average molecular weight is 378 g/mol. The van der Waals surface area contributed by atoms with E-state index in [1.807, 2.05) is 12.1 Å². The maximum atomic E-state index is 12.8. The van der Waals surface area contributed by atoms with Crippen molar-refractivity contribution in [3.8, 4) is 11.3 Å². The number of primary amides is 1. The Kier molecular flexibility index (Phi) is 5.50. The topological polar surface area (TPSA) is 141 Å². The predicted octanol–water partition coefficient (Wildman–Crippen LogP) is 1.32. The molecule has 0 saturated heterocycles. The summed E-state index contributed by atoms with van der Waals surface area (Å²) in [4.78, 5) is 40.4. The van der Waals surface area contributed by atoms with E-state index in [2.05, 4.69) is 10.3 Å². The van der Waals surface area contributed by atoms with Crippen molar-refractivity contribution in [2.24, 2.45) is 5.73 Å². The number of nitrogens with one attached hydrogen (secondary N) is 1. The summed E-state index contributed by atoms with van der Waals surface area (Å²) in [5, 5.41) is 2.51. The second-order valence-corrected chi connectivity index (χ2v) is 6.04. The van der Waals surface area contributed by atoms with E-state index in [9.17, 15) is 14.4 Å². The molecule has 0 spiro atoms. The first kappa shape index (κ1) is 18.8. The van der Waals surface area contributed by atoms with Crippen LogP contribution in [-0.4, -0.2) is 28.6 Å². The van der Waals surface area contributed by atoms with E-state index in [0.717, 1.165) is 5.56 Å². The van der Waals surface area contributed by atoms with Crippen molar-refractivity contribution in [3.63, 3.8) is 0 Å². The Bertz CT molecular complexity index is 1000. The third-order valence-corrected chi connectivity index (χ3v) is 4.04. The van der Waals surface area contributed by atoms with Crippen LogP contribution in [0.2, 0.25) is 0 Å². The Morgan fingerprint density at radius 1 is 1.00 bits per heavy atom. The maximum absolute atomic E-state index is 12.8. The van der Waals surface area contributed by atoms with Gasteiger partial charge in [-0.1, -0.05) is 60.7 Å². The third kappa shape index (κ3) is 4.24. The number of carbonyl (C=O) groups excluding carboxylic acids is 3. The number of benzene rings is 2. The highest BCUT2D eigenvalue weighted by Gasteiger charge is 2.29. The number of hydrogen-bond donors (Lipinski definition) is 3. The molecule has 5 N–H and O–H groups in total. The first-order chi connectivity index (χ1) is 13.5. The lowest BCUT2D eigenvalue weighted by Crippen LogP contribution is -2.47. The van der Waals surface area contributed by atoms with Gasteiger partial charge in [-0.15, -0.1) is 0 Å². The summed E-state index contributed by atoms with van der Waals surface area (Å²) >= 11 is 0. The summed E-state index contributed by atoms with van der Waals surface area (Å²) in [6.07, 6.45) is 0.0959. The summed E-state index contributed by atoms with van der Waals surface area (Å²) < 4.78 is 5.25. The van der Waals surface area contributed by atoms with Crippen LogP contribution in [0.5, 0.6) is 0 Å². The number of aromatic nitrogens is 1. The van der Waals surface area contributed by atoms with E-state index in [4.69, 9.17) is 15.9 Å². The van der Waals surface area contributed by atoms with Crippen LogP contribution >= 0.6 is 0 Å². The van der Waals surface area contributed by atoms with Gasteiger partial charge in [0.1, 0.15) is 11.7 Å². The number of ketones is 1. The quantitative estimate of drug-likeness (QED) is 0.529. The number of nitrogen functional groups attached to an aromatic ring is 1. The van der Waals surface area contributed by atoms with Gasteiger partial charge in [0.25, 0.3) is 17.8 Å². The molecular formula is C20H18N4O4. The smallest absolute Gasteiger partial charge is 0.293 e. The second-order valence-electron chi connectivity index (χ2n) is 6.04. The van der Waals surface area contributed by atoms with E-state index < -0.39 is 23.6 Å². The van der Waals surface area contributed by atoms with Crippen LogP contribution in [0.1, 0.15) is 16.1 Å². The molecule has 28 heavy (non-hydrogen) atoms. The molecule has 0 aliphatic heterocycles. The van der Waals surface area contributed by atoms with Crippen LogP contribution in [0.25, 0.3) is 11.3 Å². The Morgan fingerprint density at radius 2 is 1.61 bits per heavy atom. The molecule has 142 valence electrons. The van der Waals surface area contributed by atoms with Crippen molar-refractivity contribution < 1.29 is 18.8 Å². The number of carbonyl (C=O) groups is 3. The van der Waals surface area contributed by atoms with Crippen molar-refractivity contribution in [1.29, 1.82) is 0 Å². The lowest BCUT2D eigenvalue weighted by molar-refractivity contribution is -0.137. The van der Waals surface area contributed by atoms with E-state index in [1.54, 1.807) is 48.5 Å². The number of Topliss-reactive ketones (excluding diaryl/α,β-unsaturated/α-hetero) is 1. The van der Waals surface area contributed by atoms with Crippen LogP contribution in [-0.2, 0) is 16.0 Å². The van der Waals surface area contributed by atoms with Gasteiger partial charge >= 0.3 is 0 Å². The van der Waals surface area contributed by atoms with Crippen molar-refractivity contribution in [3.05, 3.63) is 72.0 Å². The molecule has 0 saturated carbocycles. The molecule has 0 aliphatic rings. The number of anilines is 1. The Morgan fingerprint density at radius 3 is 2.21 bits per heavy atom.